The lowest BCUT2D eigenvalue weighted by atomic mass is 9.90. The predicted octanol–water partition coefficient (Wildman–Crippen LogP) is 2.93. The number of ether oxygens (including phenoxy) is 1. The third kappa shape index (κ3) is 2.53. The van der Waals surface area contributed by atoms with Crippen LogP contribution in [-0.2, 0) is 16.0 Å². The minimum Gasteiger partial charge on any atom is -0.376 e. The molecule has 6 nitrogen and oxygen atoms in total. The number of fused-ring (bicyclic) bond motifs is 7. The first-order valence-corrected chi connectivity index (χ1v) is 10.6. The van der Waals surface area contributed by atoms with Crippen molar-refractivity contribution in [1.29, 1.82) is 0 Å². The summed E-state index contributed by atoms with van der Waals surface area (Å²) in [5.74, 6) is -0.176. The second-order valence-electron chi connectivity index (χ2n) is 8.37. The largest absolute Gasteiger partial charge is 0.376 e. The molecule has 3 aliphatic rings. The summed E-state index contributed by atoms with van der Waals surface area (Å²) in [6, 6.07) is 15.1. The van der Waals surface area contributed by atoms with Crippen LogP contribution in [0.3, 0.4) is 0 Å². The lowest BCUT2D eigenvalue weighted by Gasteiger charge is -2.37. The first-order chi connectivity index (χ1) is 14.7. The summed E-state index contributed by atoms with van der Waals surface area (Å²) >= 11 is 0. The van der Waals surface area contributed by atoms with Gasteiger partial charge in [0.1, 0.15) is 6.04 Å². The average Bonchev–Trinajstić information content (AvgIpc) is 3.49. The average molecular weight is 401 g/mol. The van der Waals surface area contributed by atoms with Gasteiger partial charge in [0.05, 0.1) is 12.1 Å². The minimum atomic E-state index is -0.539. The number of carbonyl (C=O) groups is 2. The molecule has 1 fully saturated rings. The summed E-state index contributed by atoms with van der Waals surface area (Å²) in [6.07, 6.45) is 2.58. The number of carbonyl (C=O) groups excluding carboxylic acids is 2. The van der Waals surface area contributed by atoms with Crippen LogP contribution in [0.2, 0.25) is 0 Å². The third-order valence-corrected chi connectivity index (χ3v) is 6.68. The van der Waals surface area contributed by atoms with Crippen molar-refractivity contribution in [1.82, 2.24) is 15.2 Å². The molecule has 2 N–H and O–H groups in total. The number of benzene rings is 2. The van der Waals surface area contributed by atoms with Crippen LogP contribution in [0.5, 0.6) is 0 Å². The molecule has 4 heterocycles. The van der Waals surface area contributed by atoms with E-state index in [1.165, 1.54) is 0 Å². The van der Waals surface area contributed by atoms with Gasteiger partial charge >= 0.3 is 0 Å². The van der Waals surface area contributed by atoms with Crippen LogP contribution in [0.1, 0.15) is 46.1 Å². The Kier molecular flexibility index (Phi) is 3.96. The van der Waals surface area contributed by atoms with E-state index in [9.17, 15) is 9.59 Å². The summed E-state index contributed by atoms with van der Waals surface area (Å²) in [7, 11) is 0. The maximum atomic E-state index is 13.3. The zero-order valence-corrected chi connectivity index (χ0v) is 16.6. The van der Waals surface area contributed by atoms with Gasteiger partial charge in [-0.3, -0.25) is 9.59 Å². The third-order valence-electron chi connectivity index (χ3n) is 6.68. The smallest absolute Gasteiger partial charge is 0.255 e. The van der Waals surface area contributed by atoms with Crippen molar-refractivity contribution in [2.75, 3.05) is 13.2 Å². The van der Waals surface area contributed by atoms with Crippen LogP contribution in [0.4, 0.5) is 0 Å². The van der Waals surface area contributed by atoms with Gasteiger partial charge in [0.15, 0.2) is 0 Å². The molecule has 0 aliphatic carbocycles. The number of para-hydroxylation sites is 1. The molecule has 6 rings (SSSR count). The van der Waals surface area contributed by atoms with Gasteiger partial charge in [-0.05, 0) is 36.1 Å². The monoisotopic (exact) mass is 401 g/mol. The molecule has 0 bridgehead atoms. The Morgan fingerprint density at radius 3 is 2.87 bits per heavy atom. The highest BCUT2D eigenvalue weighted by Crippen LogP contribution is 2.46. The van der Waals surface area contributed by atoms with E-state index in [-0.39, 0.29) is 24.0 Å². The van der Waals surface area contributed by atoms with E-state index in [0.29, 0.717) is 18.5 Å². The van der Waals surface area contributed by atoms with Crippen LogP contribution in [0.15, 0.2) is 48.5 Å². The van der Waals surface area contributed by atoms with Crippen LogP contribution in [-0.4, -0.2) is 47.0 Å². The van der Waals surface area contributed by atoms with Gasteiger partial charge in [-0.15, -0.1) is 0 Å². The van der Waals surface area contributed by atoms with Crippen molar-refractivity contribution in [2.24, 2.45) is 0 Å². The van der Waals surface area contributed by atoms with Crippen LogP contribution in [0, 0.1) is 0 Å². The van der Waals surface area contributed by atoms with Crippen molar-refractivity contribution in [3.8, 4) is 0 Å². The molecule has 6 heteroatoms. The molecular weight excluding hydrogens is 378 g/mol. The van der Waals surface area contributed by atoms with Gasteiger partial charge in [-0.25, -0.2) is 0 Å². The maximum Gasteiger partial charge on any atom is 0.255 e. The molecule has 0 unspecified atom stereocenters. The van der Waals surface area contributed by atoms with E-state index in [2.05, 4.69) is 16.4 Å². The predicted molar refractivity (Wildman–Crippen MR) is 112 cm³/mol. The molecule has 0 spiro atoms. The molecule has 0 saturated carbocycles. The minimum absolute atomic E-state index is 0.0721. The molecule has 30 heavy (non-hydrogen) atoms. The highest BCUT2D eigenvalue weighted by atomic mass is 16.5. The molecule has 3 aliphatic heterocycles. The maximum absolute atomic E-state index is 13.3. The summed E-state index contributed by atoms with van der Waals surface area (Å²) in [4.78, 5) is 31.9. The summed E-state index contributed by atoms with van der Waals surface area (Å²) in [5.41, 5.74) is 4.85. The Morgan fingerprint density at radius 1 is 1.17 bits per heavy atom. The van der Waals surface area contributed by atoms with E-state index < -0.39 is 6.04 Å². The number of rotatable bonds is 3. The van der Waals surface area contributed by atoms with E-state index in [1.54, 1.807) is 4.90 Å². The molecule has 3 atom stereocenters. The normalized spacial score (nSPS) is 24.6. The highest BCUT2D eigenvalue weighted by molar-refractivity contribution is 6.03. The van der Waals surface area contributed by atoms with Crippen LogP contribution in [0.25, 0.3) is 10.9 Å². The van der Waals surface area contributed by atoms with Gasteiger partial charge in [-0.1, -0.05) is 36.4 Å². The number of aromatic nitrogens is 1. The molecule has 1 saturated heterocycles. The van der Waals surface area contributed by atoms with Crippen molar-refractivity contribution in [3.05, 3.63) is 70.9 Å². The zero-order chi connectivity index (χ0) is 20.2. The number of amides is 2. The summed E-state index contributed by atoms with van der Waals surface area (Å²) in [6.45, 7) is 1.25. The van der Waals surface area contributed by atoms with Gasteiger partial charge in [0, 0.05) is 41.7 Å². The van der Waals surface area contributed by atoms with E-state index in [1.807, 2.05) is 42.5 Å². The molecule has 2 amide bonds. The van der Waals surface area contributed by atoms with Gasteiger partial charge in [-0.2, -0.15) is 0 Å². The molecule has 0 radical (unpaired) electrons. The summed E-state index contributed by atoms with van der Waals surface area (Å²) < 4.78 is 5.65. The lowest BCUT2D eigenvalue weighted by Crippen LogP contribution is -2.53. The Balaban J connectivity index is 1.43. The van der Waals surface area contributed by atoms with E-state index in [4.69, 9.17) is 4.74 Å². The van der Waals surface area contributed by atoms with Crippen molar-refractivity contribution < 1.29 is 14.3 Å². The SMILES string of the molecule is O=C(NC[C@@H]1CCCO1)[C@@H]1Cc2c([nH]c3ccccc23)[C@@H]2c3ccccc3C(=O)N21. The van der Waals surface area contributed by atoms with Crippen molar-refractivity contribution in [2.45, 2.75) is 37.5 Å². The number of nitrogens with zero attached hydrogens (tertiary/aromatic N) is 1. The quantitative estimate of drug-likeness (QED) is 0.709. The Labute approximate surface area is 174 Å². The Hall–Kier alpha value is -3.12. The highest BCUT2D eigenvalue weighted by Gasteiger charge is 2.48. The first-order valence-electron chi connectivity index (χ1n) is 10.6. The standard InChI is InChI=1S/C24H23N3O3/c28-23(25-13-14-6-5-11-30-14)20-12-18-15-7-3-4-10-19(15)26-21(18)22-16-8-1-2-9-17(16)24(29)27(20)22/h1-4,7-10,14,20,22,26H,5-6,11-13H2,(H,25,28)/t14-,20-,22-/m0/s1. The van der Waals surface area contributed by atoms with Gasteiger partial charge < -0.3 is 19.9 Å². The number of nitrogens with one attached hydrogen (secondary N) is 2. The molecule has 3 aromatic rings. The lowest BCUT2D eigenvalue weighted by molar-refractivity contribution is -0.126. The van der Waals surface area contributed by atoms with Crippen molar-refractivity contribution in [3.63, 3.8) is 0 Å². The molecule has 2 aromatic carbocycles. The van der Waals surface area contributed by atoms with E-state index >= 15 is 0 Å². The second kappa shape index (κ2) is 6.71. The fourth-order valence-corrected chi connectivity index (χ4v) is 5.27. The molecule has 152 valence electrons. The number of H-pyrrole nitrogens is 1. The Morgan fingerprint density at radius 2 is 2.00 bits per heavy atom. The summed E-state index contributed by atoms with van der Waals surface area (Å²) in [5, 5.41) is 4.18. The number of aromatic amines is 1. The zero-order valence-electron chi connectivity index (χ0n) is 16.6. The van der Waals surface area contributed by atoms with E-state index in [0.717, 1.165) is 47.2 Å². The van der Waals surface area contributed by atoms with Crippen molar-refractivity contribution >= 4 is 22.7 Å². The fraction of sp³-hybridized carbons (Fsp3) is 0.333. The number of hydrogen-bond donors (Lipinski definition) is 2. The fourth-order valence-electron chi connectivity index (χ4n) is 5.27. The second-order valence-corrected chi connectivity index (χ2v) is 8.37. The van der Waals surface area contributed by atoms with Gasteiger partial charge in [0.25, 0.3) is 5.91 Å². The van der Waals surface area contributed by atoms with Gasteiger partial charge in [0.2, 0.25) is 5.91 Å². The number of hydrogen-bond acceptors (Lipinski definition) is 3. The first kappa shape index (κ1) is 17.7. The molecule has 1 aromatic heterocycles. The van der Waals surface area contributed by atoms with Crippen LogP contribution >= 0.6 is 0 Å². The van der Waals surface area contributed by atoms with Crippen LogP contribution < -0.4 is 5.32 Å². The topological polar surface area (TPSA) is 74.4 Å². The molecular formula is C24H23N3O3. The Bertz CT molecular complexity index is 1160.